The summed E-state index contributed by atoms with van der Waals surface area (Å²) >= 11 is 0. The minimum absolute atomic E-state index is 0.0221. The molecule has 0 aromatic heterocycles. The Labute approximate surface area is 124 Å². The number of carboxylic acid groups (broad SMARTS) is 2. The second-order valence-electron chi connectivity index (χ2n) is 6.16. The molecule has 2 aliphatic carbocycles. The number of benzene rings is 1. The van der Waals surface area contributed by atoms with Crippen molar-refractivity contribution in [3.05, 3.63) is 35.4 Å². The molecule has 2 saturated carbocycles. The second-order valence-corrected chi connectivity index (χ2v) is 6.16. The summed E-state index contributed by atoms with van der Waals surface area (Å²) in [4.78, 5) is 22.7. The van der Waals surface area contributed by atoms with E-state index in [1.807, 2.05) is 0 Å². The molecule has 2 aliphatic rings. The van der Waals surface area contributed by atoms with Gasteiger partial charge < -0.3 is 15.9 Å². The molecule has 0 radical (unpaired) electrons. The molecule has 1 aromatic carbocycles. The molecule has 0 bridgehead atoms. The van der Waals surface area contributed by atoms with Crippen molar-refractivity contribution < 1.29 is 28.6 Å². The van der Waals surface area contributed by atoms with E-state index in [9.17, 15) is 23.5 Å². The summed E-state index contributed by atoms with van der Waals surface area (Å²) in [7, 11) is 0. The molecule has 7 heteroatoms. The van der Waals surface area contributed by atoms with Gasteiger partial charge in [0.1, 0.15) is 17.2 Å². The van der Waals surface area contributed by atoms with Crippen molar-refractivity contribution in [1.82, 2.24) is 0 Å². The summed E-state index contributed by atoms with van der Waals surface area (Å²) in [5.74, 6) is -5.90. The van der Waals surface area contributed by atoms with Crippen LogP contribution in [-0.2, 0) is 16.0 Å². The van der Waals surface area contributed by atoms with Crippen LogP contribution >= 0.6 is 0 Å². The summed E-state index contributed by atoms with van der Waals surface area (Å²) in [6.45, 7) is 0. The maximum absolute atomic E-state index is 13.7. The molecule has 22 heavy (non-hydrogen) atoms. The van der Waals surface area contributed by atoms with Crippen molar-refractivity contribution >= 4 is 11.9 Å². The summed E-state index contributed by atoms with van der Waals surface area (Å²) in [5, 5.41) is 18.5. The highest BCUT2D eigenvalue weighted by atomic mass is 19.1. The molecule has 0 spiro atoms. The molecular formula is C15H15F2NO4. The summed E-state index contributed by atoms with van der Waals surface area (Å²) in [6.07, 6.45) is 0.270. The van der Waals surface area contributed by atoms with Crippen molar-refractivity contribution in [3.63, 3.8) is 0 Å². The number of hydrogen-bond acceptors (Lipinski definition) is 3. The van der Waals surface area contributed by atoms with E-state index in [0.29, 0.717) is 6.42 Å². The van der Waals surface area contributed by atoms with Gasteiger partial charge in [0.2, 0.25) is 0 Å². The van der Waals surface area contributed by atoms with Crippen LogP contribution in [0.15, 0.2) is 18.2 Å². The van der Waals surface area contributed by atoms with Crippen LogP contribution in [0.4, 0.5) is 8.78 Å². The van der Waals surface area contributed by atoms with Crippen LogP contribution in [0.5, 0.6) is 0 Å². The first-order valence-corrected chi connectivity index (χ1v) is 6.95. The van der Waals surface area contributed by atoms with Gasteiger partial charge in [-0.05, 0) is 48.4 Å². The fourth-order valence-corrected chi connectivity index (χ4v) is 3.99. The Morgan fingerprint density at radius 2 is 2.00 bits per heavy atom. The Morgan fingerprint density at radius 3 is 2.59 bits per heavy atom. The van der Waals surface area contributed by atoms with Crippen molar-refractivity contribution in [2.24, 2.45) is 29.4 Å². The third kappa shape index (κ3) is 1.99. The van der Waals surface area contributed by atoms with Gasteiger partial charge in [-0.2, -0.15) is 0 Å². The van der Waals surface area contributed by atoms with Crippen LogP contribution in [0, 0.1) is 35.3 Å². The maximum Gasteiger partial charge on any atom is 0.324 e. The van der Waals surface area contributed by atoms with Crippen molar-refractivity contribution in [1.29, 1.82) is 0 Å². The predicted octanol–water partition coefficient (Wildman–Crippen LogP) is 1.26. The molecule has 118 valence electrons. The number of carbonyl (C=O) groups is 2. The molecule has 1 aromatic rings. The highest BCUT2D eigenvalue weighted by Crippen LogP contribution is 2.64. The van der Waals surface area contributed by atoms with Crippen molar-refractivity contribution in [2.75, 3.05) is 0 Å². The van der Waals surface area contributed by atoms with Gasteiger partial charge >= 0.3 is 11.9 Å². The van der Waals surface area contributed by atoms with E-state index in [1.165, 1.54) is 0 Å². The lowest BCUT2D eigenvalue weighted by molar-refractivity contribution is -0.147. The van der Waals surface area contributed by atoms with Crippen molar-refractivity contribution in [3.8, 4) is 0 Å². The van der Waals surface area contributed by atoms with Gasteiger partial charge in [0.05, 0.1) is 5.92 Å². The summed E-state index contributed by atoms with van der Waals surface area (Å²) in [6, 6.07) is 2.99. The zero-order valence-electron chi connectivity index (χ0n) is 11.5. The number of hydrogen-bond donors (Lipinski definition) is 3. The zero-order chi connectivity index (χ0) is 16.2. The van der Waals surface area contributed by atoms with Gasteiger partial charge in [-0.15, -0.1) is 0 Å². The first-order valence-electron chi connectivity index (χ1n) is 6.95. The first-order chi connectivity index (χ1) is 10.3. The molecule has 0 aliphatic heterocycles. The molecule has 0 saturated heterocycles. The third-order valence-corrected chi connectivity index (χ3v) is 5.08. The Kier molecular flexibility index (Phi) is 3.21. The molecule has 2 fully saturated rings. The van der Waals surface area contributed by atoms with Gasteiger partial charge in [-0.3, -0.25) is 9.59 Å². The quantitative estimate of drug-likeness (QED) is 0.777. The van der Waals surface area contributed by atoms with E-state index in [1.54, 1.807) is 0 Å². The van der Waals surface area contributed by atoms with E-state index in [2.05, 4.69) is 0 Å². The van der Waals surface area contributed by atoms with Gasteiger partial charge in [-0.1, -0.05) is 0 Å². The standard InChI is InChI=1S/C15H15F2NO4/c16-8-1-2-10(17)6(4-8)3-7-5-9-11(13(19)20)12(9)15(7,18)14(21)22/h1-2,4,7,9,11-12H,3,5,18H2,(H,19,20)(H,21,22). The topological polar surface area (TPSA) is 101 Å². The van der Waals surface area contributed by atoms with Crippen LogP contribution in [0.1, 0.15) is 12.0 Å². The molecule has 0 amide bonds. The maximum atomic E-state index is 13.7. The molecule has 0 heterocycles. The number of aliphatic carboxylic acids is 2. The van der Waals surface area contributed by atoms with Gasteiger partial charge in [0.15, 0.2) is 0 Å². The monoisotopic (exact) mass is 311 g/mol. The highest BCUT2D eigenvalue weighted by Gasteiger charge is 2.73. The smallest absolute Gasteiger partial charge is 0.324 e. The van der Waals surface area contributed by atoms with E-state index in [-0.39, 0.29) is 17.9 Å². The summed E-state index contributed by atoms with van der Waals surface area (Å²) in [5.41, 5.74) is 4.36. The highest BCUT2D eigenvalue weighted by molar-refractivity contribution is 5.85. The number of halogens is 2. The number of nitrogens with two attached hydrogens (primary N) is 1. The van der Waals surface area contributed by atoms with Crippen LogP contribution in [0.2, 0.25) is 0 Å². The van der Waals surface area contributed by atoms with Crippen LogP contribution in [0.25, 0.3) is 0 Å². The SMILES string of the molecule is NC1(C(=O)O)C(Cc2cc(F)ccc2F)CC2C(C(=O)O)C21. The van der Waals surface area contributed by atoms with Crippen molar-refractivity contribution in [2.45, 2.75) is 18.4 Å². The predicted molar refractivity (Wildman–Crippen MR) is 70.8 cm³/mol. The van der Waals surface area contributed by atoms with Crippen LogP contribution in [-0.4, -0.2) is 27.7 Å². The van der Waals surface area contributed by atoms with E-state index < -0.39 is 46.9 Å². The fourth-order valence-electron chi connectivity index (χ4n) is 3.99. The average Bonchev–Trinajstić information content (AvgIpc) is 3.08. The summed E-state index contributed by atoms with van der Waals surface area (Å²) < 4.78 is 27.0. The molecule has 3 rings (SSSR count). The Balaban J connectivity index is 1.88. The van der Waals surface area contributed by atoms with Gasteiger partial charge in [-0.25, -0.2) is 8.78 Å². The first kappa shape index (κ1) is 14.9. The Morgan fingerprint density at radius 1 is 1.32 bits per heavy atom. The number of rotatable bonds is 4. The Bertz CT molecular complexity index is 665. The Hall–Kier alpha value is -2.02. The van der Waals surface area contributed by atoms with Crippen LogP contribution < -0.4 is 5.73 Å². The zero-order valence-corrected chi connectivity index (χ0v) is 11.5. The lowest BCUT2D eigenvalue weighted by atomic mass is 9.78. The third-order valence-electron chi connectivity index (χ3n) is 5.08. The average molecular weight is 311 g/mol. The van der Waals surface area contributed by atoms with Gasteiger partial charge in [0.25, 0.3) is 0 Å². The molecule has 5 unspecified atom stereocenters. The number of fused-ring (bicyclic) bond motifs is 1. The lowest BCUT2D eigenvalue weighted by Crippen LogP contribution is -2.55. The normalized spacial score (nSPS) is 36.0. The largest absolute Gasteiger partial charge is 0.481 e. The molecule has 5 atom stereocenters. The number of carboxylic acids is 2. The van der Waals surface area contributed by atoms with E-state index in [4.69, 9.17) is 10.8 Å². The van der Waals surface area contributed by atoms with E-state index >= 15 is 0 Å². The van der Waals surface area contributed by atoms with Crippen LogP contribution in [0.3, 0.4) is 0 Å². The molecular weight excluding hydrogens is 296 g/mol. The minimum atomic E-state index is -1.72. The van der Waals surface area contributed by atoms with E-state index in [0.717, 1.165) is 18.2 Å². The fraction of sp³-hybridized carbons (Fsp3) is 0.467. The lowest BCUT2D eigenvalue weighted by Gasteiger charge is -2.31. The second kappa shape index (κ2) is 4.74. The molecule has 5 nitrogen and oxygen atoms in total. The molecule has 4 N–H and O–H groups in total. The minimum Gasteiger partial charge on any atom is -0.481 e. The van der Waals surface area contributed by atoms with Gasteiger partial charge in [0, 0.05) is 5.92 Å².